The van der Waals surface area contributed by atoms with E-state index in [1.807, 2.05) is 0 Å². The van der Waals surface area contributed by atoms with Crippen LogP contribution >= 0.6 is 69.9 Å². The largest absolute Gasteiger partial charge is 0.339 e. The second-order valence-electron chi connectivity index (χ2n) is 2.74. The van der Waals surface area contributed by atoms with Crippen LogP contribution in [0.4, 0.5) is 0 Å². The van der Waals surface area contributed by atoms with Crippen molar-refractivity contribution in [3.8, 4) is 0 Å². The van der Waals surface area contributed by atoms with Crippen LogP contribution in [0.25, 0.3) is 0 Å². The fraction of sp³-hybridized carbons (Fsp3) is 0.714. The minimum absolute atomic E-state index is 0.169. The maximum absolute atomic E-state index is 11.2. The third-order valence-electron chi connectivity index (χ3n) is 1.49. The highest BCUT2D eigenvalue weighted by atomic mass is 35.6. The molecule has 0 aromatic rings. The Morgan fingerprint density at radius 3 is 2.75 bits per heavy atom. The number of amides is 1. The Morgan fingerprint density at radius 1 is 1.62 bits per heavy atom. The van der Waals surface area contributed by atoms with Crippen molar-refractivity contribution in [2.45, 2.75) is 9.17 Å². The third kappa shape index (κ3) is 5.10. The lowest BCUT2D eigenvalue weighted by Crippen LogP contribution is -2.42. The molecule has 9 heteroatoms. The van der Waals surface area contributed by atoms with E-state index in [0.29, 0.717) is 0 Å². The summed E-state index contributed by atoms with van der Waals surface area (Å²) in [4.78, 5) is 15.4. The van der Waals surface area contributed by atoms with Gasteiger partial charge in [-0.1, -0.05) is 58.3 Å². The van der Waals surface area contributed by atoms with Gasteiger partial charge in [-0.3, -0.25) is 9.79 Å². The molecule has 0 fully saturated rings. The second kappa shape index (κ2) is 6.81. The van der Waals surface area contributed by atoms with E-state index < -0.39 is 9.17 Å². The highest BCUT2D eigenvalue weighted by molar-refractivity contribution is 8.39. The van der Waals surface area contributed by atoms with Crippen molar-refractivity contribution in [2.24, 2.45) is 4.99 Å². The van der Waals surface area contributed by atoms with Gasteiger partial charge in [0.25, 0.3) is 0 Å². The molecule has 0 aromatic heterocycles. The third-order valence-corrected chi connectivity index (χ3v) is 5.22. The molecule has 1 atom stereocenters. The molecule has 92 valence electrons. The van der Waals surface area contributed by atoms with E-state index in [9.17, 15) is 4.79 Å². The summed E-state index contributed by atoms with van der Waals surface area (Å²) < 4.78 is -0.788. The number of rotatable bonds is 3. The van der Waals surface area contributed by atoms with Crippen molar-refractivity contribution in [3.05, 3.63) is 0 Å². The van der Waals surface area contributed by atoms with Gasteiger partial charge >= 0.3 is 0 Å². The smallest absolute Gasteiger partial charge is 0.235 e. The SMILES string of the molecule is O=C(CCl)NC(SC1=NCCS1)C(Cl)(Cl)Cl. The number of carbonyl (C=O) groups is 1. The summed E-state index contributed by atoms with van der Waals surface area (Å²) in [5, 5.41) is 1.85. The number of thioether (sulfide) groups is 2. The Kier molecular flexibility index (Phi) is 6.40. The summed E-state index contributed by atoms with van der Waals surface area (Å²) >= 11 is 25.5. The highest BCUT2D eigenvalue weighted by Gasteiger charge is 2.36. The number of hydrogen-bond acceptors (Lipinski definition) is 4. The molecule has 0 aromatic carbocycles. The second-order valence-corrected chi connectivity index (χ2v) is 7.81. The summed E-state index contributed by atoms with van der Waals surface area (Å²) in [6.07, 6.45) is 0. The van der Waals surface area contributed by atoms with Gasteiger partial charge in [0.1, 0.15) is 15.6 Å². The average molecular weight is 342 g/mol. The van der Waals surface area contributed by atoms with Crippen LogP contribution in [0.2, 0.25) is 0 Å². The van der Waals surface area contributed by atoms with Crippen LogP contribution in [0.3, 0.4) is 0 Å². The van der Waals surface area contributed by atoms with Gasteiger partial charge in [-0.05, 0) is 0 Å². The number of aliphatic imine (C=N–C) groups is 1. The minimum Gasteiger partial charge on any atom is -0.339 e. The van der Waals surface area contributed by atoms with E-state index in [2.05, 4.69) is 10.3 Å². The van der Waals surface area contributed by atoms with Crippen LogP contribution in [0.5, 0.6) is 0 Å². The molecule has 0 saturated heterocycles. The predicted molar refractivity (Wildman–Crippen MR) is 75.3 cm³/mol. The van der Waals surface area contributed by atoms with Crippen LogP contribution in [-0.4, -0.2) is 37.6 Å². The van der Waals surface area contributed by atoms with Gasteiger partial charge in [-0.15, -0.1) is 11.6 Å². The average Bonchev–Trinajstić information content (AvgIpc) is 2.67. The Bertz CT molecular complexity index is 295. The van der Waals surface area contributed by atoms with Gasteiger partial charge in [0.15, 0.2) is 0 Å². The van der Waals surface area contributed by atoms with Crippen molar-refractivity contribution < 1.29 is 4.79 Å². The van der Waals surface area contributed by atoms with E-state index >= 15 is 0 Å². The first-order valence-corrected chi connectivity index (χ1v) is 7.73. The van der Waals surface area contributed by atoms with Crippen LogP contribution < -0.4 is 5.32 Å². The van der Waals surface area contributed by atoms with Crippen LogP contribution in [0, 0.1) is 0 Å². The highest BCUT2D eigenvalue weighted by Crippen LogP contribution is 2.39. The van der Waals surface area contributed by atoms with Crippen LogP contribution in [0.15, 0.2) is 4.99 Å². The van der Waals surface area contributed by atoms with Crippen LogP contribution in [0.1, 0.15) is 0 Å². The summed E-state index contributed by atoms with van der Waals surface area (Å²) in [7, 11) is 0. The molecule has 1 aliphatic rings. The van der Waals surface area contributed by atoms with E-state index in [-0.39, 0.29) is 11.8 Å². The molecule has 0 spiro atoms. The molecular formula is C7H8Cl4N2OS2. The maximum atomic E-state index is 11.2. The lowest BCUT2D eigenvalue weighted by Gasteiger charge is -2.24. The molecule has 1 heterocycles. The molecule has 3 nitrogen and oxygen atoms in total. The molecule has 1 unspecified atom stereocenters. The van der Waals surface area contributed by atoms with Crippen molar-refractivity contribution in [1.82, 2.24) is 5.32 Å². The first kappa shape index (κ1) is 15.1. The molecule has 1 rings (SSSR count). The zero-order valence-electron chi connectivity index (χ0n) is 7.88. The van der Waals surface area contributed by atoms with Gasteiger partial charge in [0.2, 0.25) is 9.70 Å². The summed E-state index contributed by atoms with van der Waals surface area (Å²) in [6.45, 7) is 0.753. The van der Waals surface area contributed by atoms with Crippen molar-refractivity contribution in [2.75, 3.05) is 18.2 Å². The monoisotopic (exact) mass is 340 g/mol. The molecule has 0 bridgehead atoms. The maximum Gasteiger partial charge on any atom is 0.235 e. The summed E-state index contributed by atoms with van der Waals surface area (Å²) in [5.41, 5.74) is 0. The number of nitrogens with zero attached hydrogens (tertiary/aromatic N) is 1. The van der Waals surface area contributed by atoms with E-state index in [0.717, 1.165) is 16.7 Å². The zero-order valence-corrected chi connectivity index (χ0v) is 12.5. The number of halogens is 4. The van der Waals surface area contributed by atoms with Crippen molar-refractivity contribution in [1.29, 1.82) is 0 Å². The van der Waals surface area contributed by atoms with Gasteiger partial charge in [-0.2, -0.15) is 0 Å². The lowest BCUT2D eigenvalue weighted by atomic mass is 10.6. The Morgan fingerprint density at radius 2 is 2.31 bits per heavy atom. The van der Waals surface area contributed by atoms with E-state index in [1.165, 1.54) is 11.8 Å². The number of hydrogen-bond donors (Lipinski definition) is 1. The van der Waals surface area contributed by atoms with Gasteiger partial charge in [0.05, 0.1) is 6.54 Å². The zero-order chi connectivity index (χ0) is 12.2. The summed E-state index contributed by atoms with van der Waals surface area (Å²) in [5.74, 6) is 0.365. The van der Waals surface area contributed by atoms with Gasteiger partial charge in [0, 0.05) is 5.75 Å². The molecule has 1 amide bonds. The van der Waals surface area contributed by atoms with Gasteiger partial charge in [-0.25, -0.2) is 0 Å². The van der Waals surface area contributed by atoms with E-state index in [1.54, 1.807) is 11.8 Å². The predicted octanol–water partition coefficient (Wildman–Crippen LogP) is 2.87. The standard InChI is InChI=1S/C7H8Cl4N2OS2/c8-3-4(14)13-5(7(9,10)11)16-6-12-1-2-15-6/h5H,1-3H2,(H,13,14). The topological polar surface area (TPSA) is 41.5 Å². The fourth-order valence-electron chi connectivity index (χ4n) is 0.851. The lowest BCUT2D eigenvalue weighted by molar-refractivity contribution is -0.118. The number of nitrogens with one attached hydrogen (secondary N) is 1. The van der Waals surface area contributed by atoms with E-state index in [4.69, 9.17) is 46.4 Å². The first-order valence-electron chi connectivity index (χ1n) is 4.19. The van der Waals surface area contributed by atoms with Crippen LogP contribution in [-0.2, 0) is 4.79 Å². The Labute approximate surface area is 122 Å². The Hall–Kier alpha value is 1.000. The molecule has 1 aliphatic heterocycles. The normalized spacial score (nSPS) is 18.1. The number of alkyl halides is 4. The number of carbonyl (C=O) groups excluding carboxylic acids is 1. The Balaban J connectivity index is 2.60. The molecule has 0 radical (unpaired) electrons. The molecule has 0 aliphatic carbocycles. The minimum atomic E-state index is -1.60. The molecule has 16 heavy (non-hydrogen) atoms. The van der Waals surface area contributed by atoms with Gasteiger partial charge < -0.3 is 5.32 Å². The fourth-order valence-corrected chi connectivity index (χ4v) is 3.53. The molecule has 0 saturated carbocycles. The molecule has 1 N–H and O–H groups in total. The molecular weight excluding hydrogens is 334 g/mol. The van der Waals surface area contributed by atoms with Crippen molar-refractivity contribution >= 4 is 80.2 Å². The quantitative estimate of drug-likeness (QED) is 0.634. The van der Waals surface area contributed by atoms with Crippen molar-refractivity contribution in [3.63, 3.8) is 0 Å². The first-order chi connectivity index (χ1) is 7.43. The summed E-state index contributed by atoms with van der Waals surface area (Å²) in [6, 6.07) is 0.